The Balaban J connectivity index is 2.63. The van der Waals surface area contributed by atoms with Crippen LogP contribution in [0, 0.1) is 0 Å². The predicted octanol–water partition coefficient (Wildman–Crippen LogP) is -2.15. The molecule has 0 bridgehead atoms. The number of hydrogen-bond acceptors (Lipinski definition) is 5. The van der Waals surface area contributed by atoms with Gasteiger partial charge in [0, 0.05) is 10.8 Å². The average Bonchev–Trinajstić information content (AvgIpc) is 2.60. The summed E-state index contributed by atoms with van der Waals surface area (Å²) >= 11 is 0. The largest absolute Gasteiger partial charge is 0.361 e. The highest BCUT2D eigenvalue weighted by Crippen LogP contribution is 2.01. The first-order valence-electron chi connectivity index (χ1n) is 4.88. The summed E-state index contributed by atoms with van der Waals surface area (Å²) in [4.78, 5) is 44.9. The maximum Gasteiger partial charge on any atom is 0.329 e. The zero-order valence-corrected chi connectivity index (χ0v) is 8.97. The quantitative estimate of drug-likeness (QED) is 0.440. The predicted molar refractivity (Wildman–Crippen MR) is 61.8 cm³/mol. The Morgan fingerprint density at radius 2 is 1.56 bits per heavy atom. The van der Waals surface area contributed by atoms with Crippen LogP contribution in [0.2, 0.25) is 0 Å². The molecular weight excluding hydrogens is 238 g/mol. The number of nitrogens with two attached hydrogens (primary N) is 1. The minimum atomic E-state index is -1.25. The van der Waals surface area contributed by atoms with Crippen LogP contribution in [0.25, 0.3) is 10.8 Å². The fourth-order valence-corrected chi connectivity index (χ4v) is 1.50. The van der Waals surface area contributed by atoms with Crippen molar-refractivity contribution in [1.82, 2.24) is 5.43 Å². The molecule has 0 aromatic heterocycles. The van der Waals surface area contributed by atoms with Gasteiger partial charge in [0.15, 0.2) is 5.36 Å². The van der Waals surface area contributed by atoms with Crippen molar-refractivity contribution in [1.29, 1.82) is 0 Å². The zero-order valence-electron chi connectivity index (χ0n) is 8.97. The molecule has 2 rings (SSSR count). The lowest BCUT2D eigenvalue weighted by atomic mass is 10.2. The number of amides is 2. The lowest BCUT2D eigenvalue weighted by molar-refractivity contribution is -0.137. The zero-order chi connectivity index (χ0) is 13.3. The summed E-state index contributed by atoms with van der Waals surface area (Å²) in [6.07, 6.45) is 0. The maximum absolute atomic E-state index is 11.8. The average molecular weight is 245 g/mol. The van der Waals surface area contributed by atoms with Gasteiger partial charge >= 0.3 is 11.8 Å². The van der Waals surface area contributed by atoms with Crippen LogP contribution in [0.15, 0.2) is 39.0 Å². The van der Waals surface area contributed by atoms with Gasteiger partial charge in [0.1, 0.15) is 0 Å². The molecule has 0 atom stereocenters. The SMILES string of the molecule is NC(=O)C(=O)NN=c1c(=O)c2ccccc2c1=O. The van der Waals surface area contributed by atoms with Crippen molar-refractivity contribution in [3.63, 3.8) is 0 Å². The van der Waals surface area contributed by atoms with Crippen LogP contribution in [0.5, 0.6) is 0 Å². The summed E-state index contributed by atoms with van der Waals surface area (Å²) in [5, 5.41) is 3.33. The Morgan fingerprint density at radius 3 is 2.00 bits per heavy atom. The third-order valence-electron chi connectivity index (χ3n) is 2.34. The molecule has 2 amide bonds. The van der Waals surface area contributed by atoms with E-state index in [-0.39, 0.29) is 10.8 Å². The number of carbonyl (C=O) groups is 2. The van der Waals surface area contributed by atoms with Gasteiger partial charge in [0.25, 0.3) is 0 Å². The molecule has 2 aromatic rings. The molecule has 0 saturated carbocycles. The maximum atomic E-state index is 11.8. The van der Waals surface area contributed by atoms with Gasteiger partial charge in [-0.2, -0.15) is 5.10 Å². The van der Waals surface area contributed by atoms with Crippen LogP contribution in [0.1, 0.15) is 0 Å². The number of fused-ring (bicyclic) bond motifs is 1. The van der Waals surface area contributed by atoms with E-state index >= 15 is 0 Å². The van der Waals surface area contributed by atoms with Gasteiger partial charge in [0.05, 0.1) is 0 Å². The molecule has 0 fully saturated rings. The first-order valence-corrected chi connectivity index (χ1v) is 4.88. The van der Waals surface area contributed by atoms with Crippen molar-refractivity contribution < 1.29 is 9.59 Å². The highest BCUT2D eigenvalue weighted by atomic mass is 16.2. The number of carbonyl (C=O) groups excluding carboxylic acids is 2. The summed E-state index contributed by atoms with van der Waals surface area (Å²) in [5.41, 5.74) is 5.24. The van der Waals surface area contributed by atoms with Gasteiger partial charge in [0.2, 0.25) is 10.9 Å². The Labute approximate surface area is 99.2 Å². The molecule has 18 heavy (non-hydrogen) atoms. The smallest absolute Gasteiger partial charge is 0.329 e. The van der Waals surface area contributed by atoms with Crippen molar-refractivity contribution in [2.24, 2.45) is 10.8 Å². The summed E-state index contributed by atoms with van der Waals surface area (Å²) in [6.45, 7) is 0. The summed E-state index contributed by atoms with van der Waals surface area (Å²) in [6, 6.07) is 6.17. The molecule has 90 valence electrons. The standard InChI is InChI=1S/C11H7N3O4/c12-10(17)11(18)14-13-7-8(15)5-3-1-2-4-6(5)9(7)16/h1-4H,(H2,12,17)(H,14,18). The molecular formula is C11H7N3O4. The number of hydrogen-bond donors (Lipinski definition) is 2. The monoisotopic (exact) mass is 245 g/mol. The van der Waals surface area contributed by atoms with Crippen molar-refractivity contribution >= 4 is 22.6 Å². The van der Waals surface area contributed by atoms with Gasteiger partial charge in [-0.05, 0) is 0 Å². The second-order valence-electron chi connectivity index (χ2n) is 3.47. The molecule has 0 radical (unpaired) electrons. The number of nitrogens with zero attached hydrogens (tertiary/aromatic N) is 1. The molecule has 0 unspecified atom stereocenters. The Hall–Kier alpha value is -2.83. The second kappa shape index (κ2) is 4.21. The molecule has 0 aliphatic carbocycles. The van der Waals surface area contributed by atoms with E-state index in [4.69, 9.17) is 0 Å². The van der Waals surface area contributed by atoms with Crippen molar-refractivity contribution in [2.75, 3.05) is 0 Å². The first-order chi connectivity index (χ1) is 8.52. The van der Waals surface area contributed by atoms with Crippen molar-refractivity contribution in [3.8, 4) is 0 Å². The number of rotatable bonds is 1. The minimum Gasteiger partial charge on any atom is -0.361 e. The van der Waals surface area contributed by atoms with Gasteiger partial charge < -0.3 is 5.73 Å². The molecule has 7 nitrogen and oxygen atoms in total. The third-order valence-corrected chi connectivity index (χ3v) is 2.34. The van der Waals surface area contributed by atoms with Gasteiger partial charge in [-0.25, -0.2) is 5.43 Å². The number of benzene rings is 1. The number of nitrogens with one attached hydrogen (secondary N) is 1. The molecule has 0 heterocycles. The second-order valence-corrected chi connectivity index (χ2v) is 3.47. The van der Waals surface area contributed by atoms with Crippen molar-refractivity contribution in [2.45, 2.75) is 0 Å². The van der Waals surface area contributed by atoms with E-state index in [1.165, 1.54) is 12.1 Å². The van der Waals surface area contributed by atoms with Crippen LogP contribution < -0.4 is 27.4 Å². The van der Waals surface area contributed by atoms with E-state index in [9.17, 15) is 19.2 Å². The highest BCUT2D eigenvalue weighted by Gasteiger charge is 2.11. The lowest BCUT2D eigenvalue weighted by Crippen LogP contribution is -2.39. The van der Waals surface area contributed by atoms with Crippen molar-refractivity contribution in [3.05, 3.63) is 50.1 Å². The minimum absolute atomic E-state index is 0.217. The van der Waals surface area contributed by atoms with Crippen LogP contribution >= 0.6 is 0 Å². The van der Waals surface area contributed by atoms with E-state index in [2.05, 4.69) is 10.8 Å². The summed E-state index contributed by atoms with van der Waals surface area (Å²) in [5.74, 6) is -2.45. The molecule has 7 heteroatoms. The molecule has 0 spiro atoms. The van der Waals surface area contributed by atoms with Crippen LogP contribution in [0.3, 0.4) is 0 Å². The van der Waals surface area contributed by atoms with E-state index < -0.39 is 28.0 Å². The van der Waals surface area contributed by atoms with Crippen LogP contribution in [-0.4, -0.2) is 11.8 Å². The van der Waals surface area contributed by atoms with E-state index in [0.29, 0.717) is 0 Å². The Bertz CT molecular complexity index is 750. The van der Waals surface area contributed by atoms with E-state index in [0.717, 1.165) is 0 Å². The fraction of sp³-hybridized carbons (Fsp3) is 0. The Kier molecular flexibility index (Phi) is 2.72. The molecule has 0 saturated heterocycles. The molecule has 0 aliphatic heterocycles. The number of primary amides is 1. The molecule has 0 aliphatic rings. The first kappa shape index (κ1) is 11.6. The van der Waals surface area contributed by atoms with Gasteiger partial charge in [-0.15, -0.1) is 0 Å². The van der Waals surface area contributed by atoms with Crippen LogP contribution in [0.4, 0.5) is 0 Å². The summed E-state index contributed by atoms with van der Waals surface area (Å²) in [7, 11) is 0. The normalized spacial score (nSPS) is 10.2. The topological polar surface area (TPSA) is 119 Å². The lowest BCUT2D eigenvalue weighted by Gasteiger charge is -1.89. The van der Waals surface area contributed by atoms with Gasteiger partial charge in [-0.3, -0.25) is 19.2 Å². The van der Waals surface area contributed by atoms with Gasteiger partial charge in [-0.1, -0.05) is 24.3 Å². The Morgan fingerprint density at radius 1 is 1.06 bits per heavy atom. The van der Waals surface area contributed by atoms with E-state index in [1.54, 1.807) is 17.6 Å². The van der Waals surface area contributed by atoms with Crippen LogP contribution in [-0.2, 0) is 9.59 Å². The highest BCUT2D eigenvalue weighted by molar-refractivity contribution is 6.34. The summed E-state index contributed by atoms with van der Waals surface area (Å²) < 4.78 is 0. The fourth-order valence-electron chi connectivity index (χ4n) is 1.50. The third kappa shape index (κ3) is 1.77. The van der Waals surface area contributed by atoms with E-state index in [1.807, 2.05) is 0 Å². The molecule has 3 N–H and O–H groups in total. The molecule has 2 aromatic carbocycles.